The SMILES string of the molecule is CC(C)C[C@H](NC(=O)c1ccc(N(C)C)cc1)C(=O)N1CC[C@@H]2[C@H]1C(=O)CN2C(=O)CN. The molecule has 9 heteroatoms. The molecular weight excluding hydrogens is 410 g/mol. The molecule has 2 heterocycles. The van der Waals surface area contributed by atoms with Crippen molar-refractivity contribution in [3.63, 3.8) is 0 Å². The molecular formula is C23H33N5O4. The van der Waals surface area contributed by atoms with Gasteiger partial charge >= 0.3 is 0 Å². The molecule has 174 valence electrons. The average Bonchev–Trinajstić information content (AvgIpc) is 3.33. The molecule has 3 N–H and O–H groups in total. The summed E-state index contributed by atoms with van der Waals surface area (Å²) in [4.78, 5) is 56.1. The molecule has 3 rings (SSSR count). The first kappa shape index (κ1) is 23.7. The number of likely N-dealkylation sites (tertiary alicyclic amines) is 2. The van der Waals surface area contributed by atoms with Crippen LogP contribution in [0.3, 0.4) is 0 Å². The van der Waals surface area contributed by atoms with Gasteiger partial charge in [-0.2, -0.15) is 0 Å². The van der Waals surface area contributed by atoms with Crippen LogP contribution in [0.25, 0.3) is 0 Å². The lowest BCUT2D eigenvalue weighted by molar-refractivity contribution is -0.138. The van der Waals surface area contributed by atoms with E-state index in [1.807, 2.05) is 45.0 Å². The zero-order chi connectivity index (χ0) is 23.6. The van der Waals surface area contributed by atoms with Gasteiger partial charge in [0, 0.05) is 31.9 Å². The van der Waals surface area contributed by atoms with Crippen molar-refractivity contribution >= 4 is 29.2 Å². The summed E-state index contributed by atoms with van der Waals surface area (Å²) in [7, 11) is 3.84. The van der Waals surface area contributed by atoms with Crippen LogP contribution in [0, 0.1) is 5.92 Å². The summed E-state index contributed by atoms with van der Waals surface area (Å²) in [6.07, 6.45) is 0.982. The summed E-state index contributed by atoms with van der Waals surface area (Å²) in [6.45, 7) is 4.15. The van der Waals surface area contributed by atoms with E-state index >= 15 is 0 Å². The molecule has 1 aromatic rings. The van der Waals surface area contributed by atoms with E-state index < -0.39 is 12.1 Å². The van der Waals surface area contributed by atoms with Crippen LogP contribution >= 0.6 is 0 Å². The number of hydrogen-bond acceptors (Lipinski definition) is 6. The van der Waals surface area contributed by atoms with Gasteiger partial charge in [0.2, 0.25) is 11.8 Å². The number of carbonyl (C=O) groups excluding carboxylic acids is 4. The van der Waals surface area contributed by atoms with Crippen LogP contribution in [0.15, 0.2) is 24.3 Å². The van der Waals surface area contributed by atoms with E-state index in [4.69, 9.17) is 5.73 Å². The summed E-state index contributed by atoms with van der Waals surface area (Å²) in [5.74, 6) is -0.888. The van der Waals surface area contributed by atoms with Gasteiger partial charge in [0.1, 0.15) is 12.1 Å². The molecule has 32 heavy (non-hydrogen) atoms. The van der Waals surface area contributed by atoms with Gasteiger partial charge in [0.25, 0.3) is 5.91 Å². The first-order chi connectivity index (χ1) is 15.1. The lowest BCUT2D eigenvalue weighted by Gasteiger charge is -2.29. The van der Waals surface area contributed by atoms with Crippen molar-refractivity contribution in [2.75, 3.05) is 38.6 Å². The minimum absolute atomic E-state index is 0.0193. The predicted octanol–water partition coefficient (Wildman–Crippen LogP) is 0.237. The van der Waals surface area contributed by atoms with E-state index in [-0.39, 0.29) is 48.6 Å². The number of nitrogens with zero attached hydrogens (tertiary/aromatic N) is 3. The first-order valence-electron chi connectivity index (χ1n) is 11.0. The Balaban J connectivity index is 1.76. The van der Waals surface area contributed by atoms with E-state index in [0.717, 1.165) is 5.69 Å². The molecule has 0 bridgehead atoms. The predicted molar refractivity (Wildman–Crippen MR) is 121 cm³/mol. The zero-order valence-corrected chi connectivity index (χ0v) is 19.2. The van der Waals surface area contributed by atoms with Gasteiger partial charge in [-0.3, -0.25) is 19.2 Å². The number of benzene rings is 1. The number of ketones is 1. The largest absolute Gasteiger partial charge is 0.378 e. The molecule has 0 unspecified atom stereocenters. The molecule has 0 aromatic heterocycles. The molecule has 3 amide bonds. The topological polar surface area (TPSA) is 116 Å². The minimum Gasteiger partial charge on any atom is -0.378 e. The van der Waals surface area contributed by atoms with Gasteiger partial charge in [-0.1, -0.05) is 13.8 Å². The standard InChI is InChI=1S/C23H33N5O4/c1-14(2)11-17(25-22(31)15-5-7-16(8-6-15)26(3)4)23(32)27-10-9-18-21(27)19(29)13-28(18)20(30)12-24/h5-8,14,17-18,21H,9-13,24H2,1-4H3,(H,25,31)/t17-,18+,21-/m0/s1. The fourth-order valence-electron chi connectivity index (χ4n) is 4.55. The molecule has 0 radical (unpaired) electrons. The highest BCUT2D eigenvalue weighted by Crippen LogP contribution is 2.30. The van der Waals surface area contributed by atoms with Crippen molar-refractivity contribution in [1.29, 1.82) is 0 Å². The number of rotatable bonds is 7. The Morgan fingerprint density at radius 1 is 1.16 bits per heavy atom. The van der Waals surface area contributed by atoms with E-state index in [9.17, 15) is 19.2 Å². The van der Waals surface area contributed by atoms with Crippen molar-refractivity contribution in [3.05, 3.63) is 29.8 Å². The Bertz CT molecular complexity index is 883. The number of carbonyl (C=O) groups is 4. The van der Waals surface area contributed by atoms with E-state index in [0.29, 0.717) is 24.9 Å². The summed E-state index contributed by atoms with van der Waals surface area (Å²) < 4.78 is 0. The smallest absolute Gasteiger partial charge is 0.251 e. The fourth-order valence-corrected chi connectivity index (χ4v) is 4.55. The van der Waals surface area contributed by atoms with Crippen molar-refractivity contribution in [2.24, 2.45) is 11.7 Å². The second-order valence-electron chi connectivity index (χ2n) is 9.12. The Morgan fingerprint density at radius 2 is 1.81 bits per heavy atom. The van der Waals surface area contributed by atoms with Gasteiger partial charge in [-0.05, 0) is 43.0 Å². The van der Waals surface area contributed by atoms with Gasteiger partial charge in [-0.15, -0.1) is 0 Å². The van der Waals surface area contributed by atoms with Crippen LogP contribution in [-0.4, -0.2) is 85.2 Å². The monoisotopic (exact) mass is 443 g/mol. The van der Waals surface area contributed by atoms with Crippen molar-refractivity contribution in [2.45, 2.75) is 44.8 Å². The Hall–Kier alpha value is -2.94. The number of amides is 3. The highest BCUT2D eigenvalue weighted by Gasteiger charge is 2.51. The van der Waals surface area contributed by atoms with Gasteiger partial charge in [-0.25, -0.2) is 0 Å². The molecule has 0 spiro atoms. The van der Waals surface area contributed by atoms with E-state index in [1.165, 1.54) is 4.90 Å². The average molecular weight is 444 g/mol. The molecule has 1 aromatic carbocycles. The number of hydrogen-bond donors (Lipinski definition) is 2. The Morgan fingerprint density at radius 3 is 2.38 bits per heavy atom. The third-order valence-electron chi connectivity index (χ3n) is 6.16. The Kier molecular flexibility index (Phi) is 7.18. The lowest BCUT2D eigenvalue weighted by atomic mass is 10.0. The molecule has 2 fully saturated rings. The maximum Gasteiger partial charge on any atom is 0.251 e. The summed E-state index contributed by atoms with van der Waals surface area (Å²) >= 11 is 0. The number of anilines is 1. The Labute approximate surface area is 188 Å². The third-order valence-corrected chi connectivity index (χ3v) is 6.16. The van der Waals surface area contributed by atoms with Gasteiger partial charge in [0.15, 0.2) is 5.78 Å². The molecule has 2 aliphatic heterocycles. The first-order valence-corrected chi connectivity index (χ1v) is 11.0. The molecule has 3 atom stereocenters. The van der Waals surface area contributed by atoms with E-state index in [1.54, 1.807) is 17.0 Å². The maximum atomic E-state index is 13.4. The normalized spacial score (nSPS) is 21.0. The molecule has 2 saturated heterocycles. The van der Waals surface area contributed by atoms with Gasteiger partial charge < -0.3 is 25.8 Å². The summed E-state index contributed by atoms with van der Waals surface area (Å²) in [5.41, 5.74) is 6.91. The summed E-state index contributed by atoms with van der Waals surface area (Å²) in [5, 5.41) is 2.87. The third kappa shape index (κ3) is 4.77. The maximum absolute atomic E-state index is 13.4. The number of fused-ring (bicyclic) bond motifs is 1. The fraction of sp³-hybridized carbons (Fsp3) is 0.565. The van der Waals surface area contributed by atoms with Crippen LogP contribution in [0.2, 0.25) is 0 Å². The van der Waals surface area contributed by atoms with Crippen molar-refractivity contribution in [3.8, 4) is 0 Å². The number of nitrogens with one attached hydrogen (secondary N) is 1. The minimum atomic E-state index is -0.748. The van der Waals surface area contributed by atoms with Crippen LogP contribution in [-0.2, 0) is 14.4 Å². The van der Waals surface area contributed by atoms with E-state index in [2.05, 4.69) is 5.32 Å². The van der Waals surface area contributed by atoms with Crippen LogP contribution < -0.4 is 16.0 Å². The highest BCUT2D eigenvalue weighted by molar-refractivity contribution is 6.01. The molecule has 9 nitrogen and oxygen atoms in total. The quantitative estimate of drug-likeness (QED) is 0.624. The second-order valence-corrected chi connectivity index (χ2v) is 9.12. The van der Waals surface area contributed by atoms with Crippen molar-refractivity contribution in [1.82, 2.24) is 15.1 Å². The van der Waals surface area contributed by atoms with Crippen molar-refractivity contribution < 1.29 is 19.2 Å². The highest BCUT2D eigenvalue weighted by atomic mass is 16.2. The molecule has 2 aliphatic rings. The molecule has 0 saturated carbocycles. The zero-order valence-electron chi connectivity index (χ0n) is 19.2. The number of Topliss-reactive ketones (excluding diaryl/α,β-unsaturated/α-hetero) is 1. The number of nitrogens with two attached hydrogens (primary N) is 1. The lowest BCUT2D eigenvalue weighted by Crippen LogP contribution is -2.53. The summed E-state index contributed by atoms with van der Waals surface area (Å²) in [6, 6.07) is 5.40. The second kappa shape index (κ2) is 9.68. The van der Waals surface area contributed by atoms with Crippen LogP contribution in [0.4, 0.5) is 5.69 Å². The van der Waals surface area contributed by atoms with Gasteiger partial charge in [0.05, 0.1) is 19.1 Å². The van der Waals surface area contributed by atoms with Crippen LogP contribution in [0.5, 0.6) is 0 Å². The van der Waals surface area contributed by atoms with Crippen LogP contribution in [0.1, 0.15) is 37.0 Å². The molecule has 0 aliphatic carbocycles.